The van der Waals surface area contributed by atoms with E-state index in [4.69, 9.17) is 4.74 Å². The molecule has 0 saturated heterocycles. The van der Waals surface area contributed by atoms with Gasteiger partial charge in [-0.25, -0.2) is 0 Å². The third kappa shape index (κ3) is 6.04. The maximum Gasteiger partial charge on any atom is 0.270 e. The number of rotatable bonds is 7. The molecule has 0 spiro atoms. The maximum absolute atomic E-state index is 13.0. The molecule has 2 N–H and O–H groups in total. The van der Waals surface area contributed by atoms with Crippen molar-refractivity contribution in [3.63, 3.8) is 0 Å². The minimum atomic E-state index is -0.546. The molecule has 1 aliphatic carbocycles. The summed E-state index contributed by atoms with van der Waals surface area (Å²) in [6.07, 6.45) is 2.89. The number of benzene rings is 2. The van der Waals surface area contributed by atoms with Crippen LogP contribution in [0.5, 0.6) is 11.5 Å². The van der Waals surface area contributed by atoms with Gasteiger partial charge >= 0.3 is 0 Å². The zero-order valence-corrected chi connectivity index (χ0v) is 17.7. The highest BCUT2D eigenvalue weighted by atomic mass is 16.6. The molecule has 0 bridgehead atoms. The Morgan fingerprint density at radius 2 is 1.87 bits per heavy atom. The average molecular weight is 425 g/mol. The van der Waals surface area contributed by atoms with Gasteiger partial charge in [0, 0.05) is 30.1 Å². The van der Waals surface area contributed by atoms with Gasteiger partial charge in [-0.3, -0.25) is 19.7 Å². The van der Waals surface area contributed by atoms with Gasteiger partial charge in [-0.1, -0.05) is 24.6 Å². The van der Waals surface area contributed by atoms with Gasteiger partial charge in [0.05, 0.1) is 10.5 Å². The number of carbonyl (C=O) groups is 2. The van der Waals surface area contributed by atoms with Gasteiger partial charge in [-0.15, -0.1) is 0 Å². The summed E-state index contributed by atoms with van der Waals surface area (Å²) >= 11 is 0. The molecule has 2 amide bonds. The van der Waals surface area contributed by atoms with Crippen LogP contribution < -0.4 is 15.4 Å². The van der Waals surface area contributed by atoms with E-state index in [0.29, 0.717) is 12.2 Å². The molecule has 8 heteroatoms. The summed E-state index contributed by atoms with van der Waals surface area (Å²) < 4.78 is 5.81. The van der Waals surface area contributed by atoms with Crippen LogP contribution in [0.2, 0.25) is 0 Å². The highest BCUT2D eigenvalue weighted by Gasteiger charge is 2.29. The van der Waals surface area contributed by atoms with Crippen LogP contribution >= 0.6 is 0 Å². The van der Waals surface area contributed by atoms with Crippen molar-refractivity contribution in [3.05, 3.63) is 64.2 Å². The summed E-state index contributed by atoms with van der Waals surface area (Å²) in [5, 5.41) is 17.1. The van der Waals surface area contributed by atoms with E-state index in [1.165, 1.54) is 18.2 Å². The number of ether oxygens (including phenoxy) is 1. The molecule has 0 aliphatic heterocycles. The Labute approximate surface area is 181 Å². The topological polar surface area (TPSA) is 111 Å². The Hall–Kier alpha value is -3.42. The lowest BCUT2D eigenvalue weighted by molar-refractivity contribution is -0.384. The maximum atomic E-state index is 13.0. The number of carbonyl (C=O) groups excluding carboxylic acids is 2. The first-order valence-electron chi connectivity index (χ1n) is 10.5. The summed E-state index contributed by atoms with van der Waals surface area (Å²) in [7, 11) is 0. The second kappa shape index (κ2) is 10.1. The van der Waals surface area contributed by atoms with Crippen molar-refractivity contribution in [1.29, 1.82) is 0 Å². The van der Waals surface area contributed by atoms with E-state index in [2.05, 4.69) is 10.6 Å². The molecule has 0 aromatic heterocycles. The van der Waals surface area contributed by atoms with E-state index in [1.807, 2.05) is 19.9 Å². The van der Waals surface area contributed by atoms with E-state index < -0.39 is 10.8 Å². The largest absolute Gasteiger partial charge is 0.457 e. The lowest BCUT2D eigenvalue weighted by atomic mass is 9.85. The normalized spacial score (nSPS) is 18.3. The third-order valence-electron chi connectivity index (χ3n) is 5.20. The van der Waals surface area contributed by atoms with E-state index in [1.54, 1.807) is 24.3 Å². The van der Waals surface area contributed by atoms with E-state index in [0.717, 1.165) is 19.3 Å². The number of nitrogens with zero attached hydrogens (tertiary/aromatic N) is 1. The van der Waals surface area contributed by atoms with Gasteiger partial charge in [-0.05, 0) is 51.3 Å². The molecule has 0 heterocycles. The van der Waals surface area contributed by atoms with Crippen LogP contribution in [-0.2, 0) is 4.79 Å². The second-order valence-corrected chi connectivity index (χ2v) is 8.05. The van der Waals surface area contributed by atoms with Crippen LogP contribution in [0.4, 0.5) is 5.69 Å². The SMILES string of the molecule is CC(C)NC(=O)C1CCCC(NC(=O)c2cc([N+](=O)[O-])ccc2Oc2ccccc2)C1. The van der Waals surface area contributed by atoms with Crippen LogP contribution in [0.3, 0.4) is 0 Å². The first-order valence-corrected chi connectivity index (χ1v) is 10.5. The van der Waals surface area contributed by atoms with Crippen LogP contribution in [-0.4, -0.2) is 28.8 Å². The molecule has 8 nitrogen and oxygen atoms in total. The molecule has 2 aromatic carbocycles. The molecule has 1 fully saturated rings. The lowest BCUT2D eigenvalue weighted by Gasteiger charge is -2.29. The minimum Gasteiger partial charge on any atom is -0.457 e. The molecular formula is C23H27N3O5. The third-order valence-corrected chi connectivity index (χ3v) is 5.20. The first-order chi connectivity index (χ1) is 14.8. The van der Waals surface area contributed by atoms with Crippen molar-refractivity contribution < 1.29 is 19.2 Å². The highest BCUT2D eigenvalue weighted by molar-refractivity contribution is 5.98. The monoisotopic (exact) mass is 425 g/mol. The van der Waals surface area contributed by atoms with Crippen molar-refractivity contribution in [2.75, 3.05) is 0 Å². The van der Waals surface area contributed by atoms with Gasteiger partial charge < -0.3 is 15.4 Å². The molecule has 3 rings (SSSR count). The number of para-hydroxylation sites is 1. The van der Waals surface area contributed by atoms with Crippen LogP contribution in [0.15, 0.2) is 48.5 Å². The predicted octanol–water partition coefficient (Wildman–Crippen LogP) is 4.20. The number of nitro groups is 1. The lowest BCUT2D eigenvalue weighted by Crippen LogP contribution is -2.43. The van der Waals surface area contributed by atoms with Gasteiger partial charge in [-0.2, -0.15) is 0 Å². The van der Waals surface area contributed by atoms with Crippen LogP contribution in [0.1, 0.15) is 49.9 Å². The molecule has 2 unspecified atom stereocenters. The van der Waals surface area contributed by atoms with Crippen molar-refractivity contribution in [1.82, 2.24) is 10.6 Å². The Morgan fingerprint density at radius 3 is 2.55 bits per heavy atom. The van der Waals surface area contributed by atoms with Gasteiger partial charge in [0.2, 0.25) is 5.91 Å². The highest BCUT2D eigenvalue weighted by Crippen LogP contribution is 2.30. The average Bonchev–Trinajstić information content (AvgIpc) is 2.74. The standard InChI is InChI=1S/C23H27N3O5/c1-15(2)24-22(27)16-7-6-8-17(13-16)25-23(28)20-14-18(26(29)30)11-12-21(20)31-19-9-4-3-5-10-19/h3-5,9-12,14-17H,6-8,13H2,1-2H3,(H,24,27)(H,25,28). The number of hydrogen-bond acceptors (Lipinski definition) is 5. The summed E-state index contributed by atoms with van der Waals surface area (Å²) in [6, 6.07) is 12.7. The Balaban J connectivity index is 1.77. The number of nitro benzene ring substituents is 1. The fourth-order valence-electron chi connectivity index (χ4n) is 3.74. The van der Waals surface area contributed by atoms with Crippen molar-refractivity contribution >= 4 is 17.5 Å². The molecule has 2 atom stereocenters. The molecule has 0 radical (unpaired) electrons. The fourth-order valence-corrected chi connectivity index (χ4v) is 3.74. The molecule has 2 aromatic rings. The van der Waals surface area contributed by atoms with E-state index >= 15 is 0 Å². The summed E-state index contributed by atoms with van der Waals surface area (Å²) in [5.74, 6) is 0.140. The Kier molecular flexibility index (Phi) is 7.23. The number of amides is 2. The summed E-state index contributed by atoms with van der Waals surface area (Å²) in [6.45, 7) is 3.83. The zero-order chi connectivity index (χ0) is 22.4. The van der Waals surface area contributed by atoms with Crippen LogP contribution in [0, 0.1) is 16.0 Å². The fraction of sp³-hybridized carbons (Fsp3) is 0.391. The number of nitrogens with one attached hydrogen (secondary N) is 2. The number of hydrogen-bond donors (Lipinski definition) is 2. The zero-order valence-electron chi connectivity index (χ0n) is 17.7. The minimum absolute atomic E-state index is 0.00241. The molecule has 164 valence electrons. The Morgan fingerprint density at radius 1 is 1.13 bits per heavy atom. The quantitative estimate of drug-likeness (QED) is 0.510. The number of non-ortho nitro benzene ring substituents is 1. The van der Waals surface area contributed by atoms with Gasteiger partial charge in [0.1, 0.15) is 11.5 Å². The smallest absolute Gasteiger partial charge is 0.270 e. The van der Waals surface area contributed by atoms with Gasteiger partial charge in [0.25, 0.3) is 11.6 Å². The van der Waals surface area contributed by atoms with Crippen molar-refractivity contribution in [2.24, 2.45) is 5.92 Å². The summed E-state index contributed by atoms with van der Waals surface area (Å²) in [4.78, 5) is 36.1. The first kappa shape index (κ1) is 22.3. The van der Waals surface area contributed by atoms with E-state index in [9.17, 15) is 19.7 Å². The van der Waals surface area contributed by atoms with Gasteiger partial charge in [0.15, 0.2) is 0 Å². The second-order valence-electron chi connectivity index (χ2n) is 8.05. The molecule has 31 heavy (non-hydrogen) atoms. The van der Waals surface area contributed by atoms with Crippen molar-refractivity contribution in [2.45, 2.75) is 51.6 Å². The molecule has 1 aliphatic rings. The predicted molar refractivity (Wildman–Crippen MR) is 116 cm³/mol. The van der Waals surface area contributed by atoms with E-state index in [-0.39, 0.29) is 40.9 Å². The van der Waals surface area contributed by atoms with Crippen LogP contribution in [0.25, 0.3) is 0 Å². The van der Waals surface area contributed by atoms with Crippen molar-refractivity contribution in [3.8, 4) is 11.5 Å². The molecular weight excluding hydrogens is 398 g/mol. The Bertz CT molecular complexity index is 945. The summed E-state index contributed by atoms with van der Waals surface area (Å²) in [5.41, 5.74) is -0.102. The molecule has 1 saturated carbocycles.